The summed E-state index contributed by atoms with van der Waals surface area (Å²) in [6, 6.07) is 7.40. The summed E-state index contributed by atoms with van der Waals surface area (Å²) < 4.78 is 39.1. The van der Waals surface area contributed by atoms with Crippen LogP contribution in [0, 0.1) is 6.92 Å². The summed E-state index contributed by atoms with van der Waals surface area (Å²) in [4.78, 5) is 16.5. The van der Waals surface area contributed by atoms with Crippen LogP contribution in [0.3, 0.4) is 0 Å². The van der Waals surface area contributed by atoms with Crippen LogP contribution in [0.2, 0.25) is 0 Å². The number of hydrogen-bond acceptors (Lipinski definition) is 7. The third-order valence-electron chi connectivity index (χ3n) is 4.23. The molecular weight excluding hydrogens is 408 g/mol. The average Bonchev–Trinajstić information content (AvgIpc) is 2.80. The topological polar surface area (TPSA) is 124 Å². The lowest BCUT2D eigenvalue weighted by Gasteiger charge is -2.27. The number of amides is 1. The van der Waals surface area contributed by atoms with Gasteiger partial charge in [-0.3, -0.25) is 4.31 Å². The first-order valence-electron chi connectivity index (χ1n) is 9.43. The highest BCUT2D eigenvalue weighted by Crippen LogP contribution is 2.34. The third-order valence-corrected chi connectivity index (χ3v) is 6.00. The number of aryl methyl sites for hydroxylation is 1. The van der Waals surface area contributed by atoms with E-state index in [9.17, 15) is 13.2 Å². The molecule has 0 fully saturated rings. The zero-order chi connectivity index (χ0) is 22.1. The van der Waals surface area contributed by atoms with E-state index in [1.54, 1.807) is 32.9 Å². The number of nitrogens with one attached hydrogen (secondary N) is 1. The quantitative estimate of drug-likeness (QED) is 0.760. The Balaban J connectivity index is 1.99. The number of aromatic nitrogens is 1. The van der Waals surface area contributed by atoms with Crippen LogP contribution in [0.15, 0.2) is 41.4 Å². The van der Waals surface area contributed by atoms with Crippen LogP contribution in [0.4, 0.5) is 16.2 Å². The summed E-state index contributed by atoms with van der Waals surface area (Å²) in [5.41, 5.74) is 6.47. The first-order chi connectivity index (χ1) is 14.0. The van der Waals surface area contributed by atoms with E-state index >= 15 is 0 Å². The van der Waals surface area contributed by atoms with Crippen LogP contribution < -0.4 is 20.1 Å². The number of rotatable bonds is 3. The number of sulfonamides is 1. The molecule has 1 aromatic heterocycles. The second-order valence-electron chi connectivity index (χ2n) is 8.10. The molecule has 0 bridgehead atoms. The van der Waals surface area contributed by atoms with Gasteiger partial charge in [0.25, 0.3) is 10.0 Å². The normalized spacial score (nSPS) is 16.8. The van der Waals surface area contributed by atoms with E-state index < -0.39 is 27.8 Å². The number of carbonyl (C=O) groups excluding carboxylic acids is 1. The largest absolute Gasteiger partial charge is 0.474 e. The molecule has 10 heteroatoms. The third kappa shape index (κ3) is 4.93. The van der Waals surface area contributed by atoms with Crippen molar-refractivity contribution in [3.05, 3.63) is 42.1 Å². The smallest absolute Gasteiger partial charge is 0.408 e. The maximum Gasteiger partial charge on any atom is 0.408 e. The molecule has 9 nitrogen and oxygen atoms in total. The Morgan fingerprint density at radius 2 is 2.07 bits per heavy atom. The Morgan fingerprint density at radius 3 is 2.73 bits per heavy atom. The molecule has 30 heavy (non-hydrogen) atoms. The first-order valence-corrected chi connectivity index (χ1v) is 10.9. The van der Waals surface area contributed by atoms with Crippen molar-refractivity contribution in [2.75, 3.05) is 23.2 Å². The van der Waals surface area contributed by atoms with Crippen molar-refractivity contribution in [2.45, 2.75) is 44.2 Å². The lowest BCUT2D eigenvalue weighted by molar-refractivity contribution is 0.0492. The summed E-state index contributed by atoms with van der Waals surface area (Å²) in [7, 11) is -3.98. The van der Waals surface area contributed by atoms with Gasteiger partial charge in [-0.1, -0.05) is 12.1 Å². The molecule has 0 radical (unpaired) electrons. The van der Waals surface area contributed by atoms with Gasteiger partial charge in [-0.2, -0.15) is 0 Å². The number of nitrogens with zero attached hydrogens (tertiary/aromatic N) is 2. The van der Waals surface area contributed by atoms with Crippen LogP contribution in [0.5, 0.6) is 5.88 Å². The summed E-state index contributed by atoms with van der Waals surface area (Å²) in [6.45, 7) is 6.98. The van der Waals surface area contributed by atoms with E-state index in [4.69, 9.17) is 15.2 Å². The SMILES string of the molecule is Cc1cccc(S(=O)(=O)N2CC(NC(=O)OC(C)(C)C)COc3ncc(N)cc32)c1. The van der Waals surface area contributed by atoms with Gasteiger partial charge in [-0.25, -0.2) is 18.2 Å². The van der Waals surface area contributed by atoms with Gasteiger partial charge in [0.05, 0.1) is 29.4 Å². The Hall–Kier alpha value is -3.01. The standard InChI is InChI=1S/C20H26N4O5S/c1-13-6-5-7-16(8-13)30(26,27)24-11-15(23-19(25)29-20(2,3)4)12-28-18-17(24)9-14(21)10-22-18/h5-10,15H,11-12,21H2,1-4H3,(H,23,25). The van der Waals surface area contributed by atoms with E-state index in [1.165, 1.54) is 18.3 Å². The average molecular weight is 435 g/mol. The summed E-state index contributed by atoms with van der Waals surface area (Å²) in [6.07, 6.45) is 0.722. The molecule has 1 aliphatic heterocycles. The van der Waals surface area contributed by atoms with Gasteiger partial charge in [-0.15, -0.1) is 0 Å². The van der Waals surface area contributed by atoms with Crippen molar-refractivity contribution < 1.29 is 22.7 Å². The fourth-order valence-corrected chi connectivity index (χ4v) is 4.57. The van der Waals surface area contributed by atoms with Crippen LogP contribution in [-0.2, 0) is 14.8 Å². The zero-order valence-electron chi connectivity index (χ0n) is 17.4. The number of alkyl carbamates (subject to hydrolysis) is 1. The highest BCUT2D eigenvalue weighted by molar-refractivity contribution is 7.92. The predicted octanol–water partition coefficient (Wildman–Crippen LogP) is 2.45. The van der Waals surface area contributed by atoms with E-state index in [0.717, 1.165) is 9.87 Å². The second-order valence-corrected chi connectivity index (χ2v) is 9.96. The number of nitrogens with two attached hydrogens (primary N) is 1. The molecule has 2 heterocycles. The molecule has 0 saturated carbocycles. The molecule has 1 amide bonds. The van der Waals surface area contributed by atoms with Gasteiger partial charge in [0.1, 0.15) is 17.9 Å². The van der Waals surface area contributed by atoms with Crippen molar-refractivity contribution >= 4 is 27.5 Å². The molecule has 0 saturated heterocycles. The van der Waals surface area contributed by atoms with E-state index in [0.29, 0.717) is 5.69 Å². The van der Waals surface area contributed by atoms with Crippen LogP contribution in [-0.4, -0.2) is 44.3 Å². The molecule has 1 unspecified atom stereocenters. The van der Waals surface area contributed by atoms with Crippen molar-refractivity contribution in [3.8, 4) is 5.88 Å². The number of carbonyl (C=O) groups is 1. The van der Waals surface area contributed by atoms with Crippen LogP contribution in [0.1, 0.15) is 26.3 Å². The number of pyridine rings is 1. The van der Waals surface area contributed by atoms with Crippen LogP contribution >= 0.6 is 0 Å². The second kappa shape index (κ2) is 8.02. The number of fused-ring (bicyclic) bond motifs is 1. The molecular formula is C20H26N4O5S. The number of hydrogen-bond donors (Lipinski definition) is 2. The van der Waals surface area contributed by atoms with E-state index in [2.05, 4.69) is 10.3 Å². The fraction of sp³-hybridized carbons (Fsp3) is 0.400. The summed E-state index contributed by atoms with van der Waals surface area (Å²) in [5.74, 6) is 0.119. The fourth-order valence-electron chi connectivity index (χ4n) is 2.97. The minimum Gasteiger partial charge on any atom is -0.474 e. The Morgan fingerprint density at radius 1 is 1.33 bits per heavy atom. The number of benzene rings is 1. The van der Waals surface area contributed by atoms with Gasteiger partial charge < -0.3 is 20.5 Å². The van der Waals surface area contributed by atoms with E-state index in [1.807, 2.05) is 13.0 Å². The molecule has 2 aromatic rings. The van der Waals surface area contributed by atoms with Gasteiger partial charge in [-0.05, 0) is 51.5 Å². The van der Waals surface area contributed by atoms with Gasteiger partial charge >= 0.3 is 6.09 Å². The Labute approximate surface area is 176 Å². The van der Waals surface area contributed by atoms with Crippen molar-refractivity contribution in [1.29, 1.82) is 0 Å². The molecule has 0 spiro atoms. The monoisotopic (exact) mass is 434 g/mol. The zero-order valence-corrected chi connectivity index (χ0v) is 18.2. The predicted molar refractivity (Wildman–Crippen MR) is 113 cm³/mol. The lowest BCUT2D eigenvalue weighted by atomic mass is 10.2. The summed E-state index contributed by atoms with van der Waals surface area (Å²) in [5, 5.41) is 2.68. The number of ether oxygens (including phenoxy) is 2. The Bertz CT molecular complexity index is 1050. The molecule has 0 aliphatic carbocycles. The molecule has 1 atom stereocenters. The minimum atomic E-state index is -3.98. The molecule has 162 valence electrons. The van der Waals surface area contributed by atoms with Crippen molar-refractivity contribution in [1.82, 2.24) is 10.3 Å². The maximum atomic E-state index is 13.5. The highest BCUT2D eigenvalue weighted by atomic mass is 32.2. The van der Waals surface area contributed by atoms with Crippen molar-refractivity contribution in [3.63, 3.8) is 0 Å². The van der Waals surface area contributed by atoms with Crippen molar-refractivity contribution in [2.24, 2.45) is 0 Å². The highest BCUT2D eigenvalue weighted by Gasteiger charge is 2.34. The maximum absolute atomic E-state index is 13.5. The first kappa shape index (κ1) is 21.7. The van der Waals surface area contributed by atoms with Gasteiger partial charge in [0.2, 0.25) is 5.88 Å². The molecule has 3 rings (SSSR count). The summed E-state index contributed by atoms with van der Waals surface area (Å²) >= 11 is 0. The lowest BCUT2D eigenvalue weighted by Crippen LogP contribution is -2.48. The molecule has 3 N–H and O–H groups in total. The van der Waals surface area contributed by atoms with Crippen LogP contribution in [0.25, 0.3) is 0 Å². The number of nitrogen functional groups attached to an aromatic ring is 1. The van der Waals surface area contributed by atoms with E-state index in [-0.39, 0.29) is 29.6 Å². The Kier molecular flexibility index (Phi) is 5.80. The number of anilines is 2. The minimum absolute atomic E-state index is 0.0169. The van der Waals surface area contributed by atoms with Gasteiger partial charge in [0.15, 0.2) is 0 Å². The molecule has 1 aliphatic rings. The van der Waals surface area contributed by atoms with Gasteiger partial charge in [0, 0.05) is 0 Å². The molecule has 1 aromatic carbocycles.